The molecule has 2 aromatic heterocycles. The third-order valence-corrected chi connectivity index (χ3v) is 3.83. The third kappa shape index (κ3) is 3.49. The first-order chi connectivity index (χ1) is 11.2. The van der Waals surface area contributed by atoms with Crippen LogP contribution in [0.15, 0.2) is 29.3 Å². The summed E-state index contributed by atoms with van der Waals surface area (Å²) in [5, 5.41) is 7.27. The number of amides is 1. The molecule has 0 radical (unpaired) electrons. The average molecular weight is 315 g/mol. The summed E-state index contributed by atoms with van der Waals surface area (Å²) in [5.41, 5.74) is 0.723. The summed E-state index contributed by atoms with van der Waals surface area (Å²) in [5.74, 6) is 0.667. The van der Waals surface area contributed by atoms with Gasteiger partial charge in [0, 0.05) is 37.0 Å². The molecule has 3 rings (SSSR count). The molecule has 0 aromatic carbocycles. The first kappa shape index (κ1) is 15.5. The fraction of sp³-hybridized carbons (Fsp3) is 0.500. The highest BCUT2D eigenvalue weighted by atomic mass is 16.2. The van der Waals surface area contributed by atoms with Crippen LogP contribution in [-0.2, 0) is 11.3 Å². The fourth-order valence-electron chi connectivity index (χ4n) is 2.54. The van der Waals surface area contributed by atoms with Crippen molar-refractivity contribution in [1.82, 2.24) is 24.6 Å². The first-order valence-electron chi connectivity index (χ1n) is 8.07. The molecule has 0 atom stereocenters. The van der Waals surface area contributed by atoms with Crippen molar-refractivity contribution in [3.63, 3.8) is 0 Å². The minimum absolute atomic E-state index is 0.00894. The van der Waals surface area contributed by atoms with Gasteiger partial charge in [-0.15, -0.1) is 5.10 Å². The number of aromatic nitrogens is 4. The van der Waals surface area contributed by atoms with Crippen LogP contribution in [-0.4, -0.2) is 31.8 Å². The SMILES string of the molecule is CCCC(=O)NCCn1nc(-c2cccnc2)n(C2CC2)c1=O. The normalized spacial score (nSPS) is 14.0. The maximum atomic E-state index is 12.6. The third-order valence-electron chi connectivity index (χ3n) is 3.83. The minimum atomic E-state index is -0.115. The molecule has 1 fully saturated rings. The lowest BCUT2D eigenvalue weighted by Crippen LogP contribution is -2.32. The van der Waals surface area contributed by atoms with Crippen molar-refractivity contribution in [1.29, 1.82) is 0 Å². The molecule has 1 saturated carbocycles. The standard InChI is InChI=1S/C16H21N5O2/c1-2-4-14(22)18-9-10-20-16(23)21(13-6-7-13)15(19-20)12-5-3-8-17-11-12/h3,5,8,11,13H,2,4,6-7,9-10H2,1H3,(H,18,22). The average Bonchev–Trinajstić information content (AvgIpc) is 3.34. The van der Waals surface area contributed by atoms with E-state index < -0.39 is 0 Å². The van der Waals surface area contributed by atoms with E-state index in [2.05, 4.69) is 15.4 Å². The van der Waals surface area contributed by atoms with Gasteiger partial charge in [0.25, 0.3) is 0 Å². The molecule has 1 amide bonds. The van der Waals surface area contributed by atoms with Crippen molar-refractivity contribution in [2.45, 2.75) is 45.2 Å². The lowest BCUT2D eigenvalue weighted by atomic mass is 10.3. The van der Waals surface area contributed by atoms with Crippen LogP contribution < -0.4 is 11.0 Å². The van der Waals surface area contributed by atoms with Crippen LogP contribution in [0, 0.1) is 0 Å². The summed E-state index contributed by atoms with van der Waals surface area (Å²) in [6, 6.07) is 3.98. The zero-order valence-corrected chi connectivity index (χ0v) is 13.2. The molecule has 122 valence electrons. The molecule has 0 unspecified atom stereocenters. The van der Waals surface area contributed by atoms with Crippen LogP contribution in [0.25, 0.3) is 11.4 Å². The molecular weight excluding hydrogens is 294 g/mol. The first-order valence-corrected chi connectivity index (χ1v) is 8.07. The topological polar surface area (TPSA) is 81.8 Å². The number of pyridine rings is 1. The van der Waals surface area contributed by atoms with Crippen molar-refractivity contribution in [2.24, 2.45) is 0 Å². The monoisotopic (exact) mass is 315 g/mol. The molecule has 0 aliphatic heterocycles. The number of carbonyl (C=O) groups is 1. The Morgan fingerprint density at radius 1 is 1.43 bits per heavy atom. The van der Waals surface area contributed by atoms with Crippen molar-refractivity contribution in [3.05, 3.63) is 35.0 Å². The van der Waals surface area contributed by atoms with Crippen LogP contribution in [0.2, 0.25) is 0 Å². The number of rotatable bonds is 7. The number of nitrogens with one attached hydrogen (secondary N) is 1. The zero-order valence-electron chi connectivity index (χ0n) is 13.2. The lowest BCUT2D eigenvalue weighted by molar-refractivity contribution is -0.121. The van der Waals surface area contributed by atoms with Gasteiger partial charge >= 0.3 is 5.69 Å². The largest absolute Gasteiger partial charge is 0.354 e. The number of carbonyl (C=O) groups excluding carboxylic acids is 1. The molecule has 1 aliphatic rings. The van der Waals surface area contributed by atoms with Crippen molar-refractivity contribution < 1.29 is 4.79 Å². The molecule has 0 spiro atoms. The van der Waals surface area contributed by atoms with Gasteiger partial charge in [-0.3, -0.25) is 14.3 Å². The van der Waals surface area contributed by atoms with Gasteiger partial charge in [0.2, 0.25) is 5.91 Å². The van der Waals surface area contributed by atoms with Crippen LogP contribution in [0.3, 0.4) is 0 Å². The van der Waals surface area contributed by atoms with Gasteiger partial charge in [0.05, 0.1) is 6.54 Å². The molecule has 0 saturated heterocycles. The van der Waals surface area contributed by atoms with Crippen molar-refractivity contribution in [2.75, 3.05) is 6.54 Å². The molecule has 23 heavy (non-hydrogen) atoms. The van der Waals surface area contributed by atoms with Crippen molar-refractivity contribution in [3.8, 4) is 11.4 Å². The van der Waals surface area contributed by atoms with Crippen LogP contribution in [0.5, 0.6) is 0 Å². The second-order valence-corrected chi connectivity index (χ2v) is 5.77. The van der Waals surface area contributed by atoms with Gasteiger partial charge in [0.1, 0.15) is 0 Å². The predicted molar refractivity (Wildman–Crippen MR) is 85.9 cm³/mol. The Hall–Kier alpha value is -2.44. The summed E-state index contributed by atoms with van der Waals surface area (Å²) in [7, 11) is 0. The van der Waals surface area contributed by atoms with Gasteiger partial charge in [-0.1, -0.05) is 6.92 Å². The number of hydrogen-bond donors (Lipinski definition) is 1. The Kier molecular flexibility index (Phi) is 4.55. The molecule has 1 aliphatic carbocycles. The highest BCUT2D eigenvalue weighted by Crippen LogP contribution is 2.36. The predicted octanol–water partition coefficient (Wildman–Crippen LogP) is 1.36. The number of hydrogen-bond acceptors (Lipinski definition) is 4. The Morgan fingerprint density at radius 3 is 2.91 bits per heavy atom. The summed E-state index contributed by atoms with van der Waals surface area (Å²) < 4.78 is 3.19. The smallest absolute Gasteiger partial charge is 0.346 e. The molecule has 7 nitrogen and oxygen atoms in total. The minimum Gasteiger partial charge on any atom is -0.354 e. The quantitative estimate of drug-likeness (QED) is 0.836. The molecule has 2 heterocycles. The van der Waals surface area contributed by atoms with Gasteiger partial charge < -0.3 is 5.32 Å². The van der Waals surface area contributed by atoms with E-state index >= 15 is 0 Å². The Balaban J connectivity index is 1.79. The summed E-state index contributed by atoms with van der Waals surface area (Å²) in [4.78, 5) is 28.2. The fourth-order valence-corrected chi connectivity index (χ4v) is 2.54. The zero-order chi connectivity index (χ0) is 16.2. The Morgan fingerprint density at radius 2 is 2.26 bits per heavy atom. The van der Waals surface area contributed by atoms with Gasteiger partial charge in [0.15, 0.2) is 5.82 Å². The van der Waals surface area contributed by atoms with E-state index in [1.54, 1.807) is 17.0 Å². The van der Waals surface area contributed by atoms with E-state index in [9.17, 15) is 9.59 Å². The van der Waals surface area contributed by atoms with E-state index in [1.165, 1.54) is 4.68 Å². The molecule has 2 aromatic rings. The van der Waals surface area contributed by atoms with Gasteiger partial charge in [-0.25, -0.2) is 9.48 Å². The second-order valence-electron chi connectivity index (χ2n) is 5.77. The van der Waals surface area contributed by atoms with E-state index in [0.29, 0.717) is 25.3 Å². The molecule has 7 heteroatoms. The van der Waals surface area contributed by atoms with E-state index in [1.807, 2.05) is 19.1 Å². The van der Waals surface area contributed by atoms with E-state index in [0.717, 1.165) is 24.8 Å². The Bertz CT molecular complexity index is 731. The van der Waals surface area contributed by atoms with Crippen LogP contribution in [0.1, 0.15) is 38.6 Å². The highest BCUT2D eigenvalue weighted by Gasteiger charge is 2.30. The van der Waals surface area contributed by atoms with Gasteiger partial charge in [-0.05, 0) is 31.4 Å². The van der Waals surface area contributed by atoms with E-state index in [-0.39, 0.29) is 17.6 Å². The van der Waals surface area contributed by atoms with E-state index in [4.69, 9.17) is 0 Å². The molecule has 0 bridgehead atoms. The highest BCUT2D eigenvalue weighted by molar-refractivity contribution is 5.75. The van der Waals surface area contributed by atoms with Gasteiger partial charge in [-0.2, -0.15) is 0 Å². The van der Waals surface area contributed by atoms with Crippen LogP contribution >= 0.6 is 0 Å². The maximum Gasteiger partial charge on any atom is 0.346 e. The van der Waals surface area contributed by atoms with Crippen molar-refractivity contribution >= 4 is 5.91 Å². The summed E-state index contributed by atoms with van der Waals surface area (Å²) in [6.45, 7) is 2.75. The second kappa shape index (κ2) is 6.76. The molecule has 1 N–H and O–H groups in total. The summed E-state index contributed by atoms with van der Waals surface area (Å²) >= 11 is 0. The summed E-state index contributed by atoms with van der Waals surface area (Å²) in [6.07, 6.45) is 6.75. The lowest BCUT2D eigenvalue weighted by Gasteiger charge is -2.03. The number of nitrogens with zero attached hydrogens (tertiary/aromatic N) is 4. The maximum absolute atomic E-state index is 12.6. The Labute approximate surface area is 134 Å². The molecular formula is C16H21N5O2. The van der Waals surface area contributed by atoms with Crippen LogP contribution in [0.4, 0.5) is 0 Å².